The Kier molecular flexibility index (Phi) is 1.52. The second-order valence-electron chi connectivity index (χ2n) is 2.59. The van der Waals surface area contributed by atoms with E-state index in [2.05, 4.69) is 0 Å². The molecule has 3 heteroatoms. The third kappa shape index (κ3) is 1.04. The second kappa shape index (κ2) is 2.53. The number of furan rings is 1. The summed E-state index contributed by atoms with van der Waals surface area (Å²) in [4.78, 5) is 0. The molecule has 2 rings (SSSR count). The molecule has 0 aliphatic heterocycles. The first-order chi connectivity index (χ1) is 5.79. The van der Waals surface area contributed by atoms with E-state index in [0.717, 1.165) is 5.39 Å². The Hall–Kier alpha value is -1.48. The molecule has 1 aromatic carbocycles. The highest BCUT2D eigenvalue weighted by Gasteiger charge is 2.02. The average Bonchev–Trinajstić information content (AvgIpc) is 2.46. The smallest absolute Gasteiger partial charge is 0.134 e. The Morgan fingerprint density at radius 2 is 2.08 bits per heavy atom. The molecule has 1 aromatic heterocycles. The summed E-state index contributed by atoms with van der Waals surface area (Å²) in [5, 5.41) is 18.7. The zero-order chi connectivity index (χ0) is 8.55. The molecular formula is C9H8O3. The van der Waals surface area contributed by atoms with Crippen molar-refractivity contribution >= 4 is 11.0 Å². The number of aromatic hydroxyl groups is 1. The summed E-state index contributed by atoms with van der Waals surface area (Å²) < 4.78 is 5.21. The van der Waals surface area contributed by atoms with Gasteiger partial charge in [0.05, 0.1) is 0 Å². The number of benzene rings is 1. The van der Waals surface area contributed by atoms with E-state index in [1.165, 1.54) is 0 Å². The van der Waals surface area contributed by atoms with Crippen LogP contribution in [0.1, 0.15) is 5.76 Å². The largest absolute Gasteiger partial charge is 0.508 e. The van der Waals surface area contributed by atoms with E-state index in [4.69, 9.17) is 14.6 Å². The number of aliphatic hydroxyl groups is 1. The van der Waals surface area contributed by atoms with Crippen molar-refractivity contribution < 1.29 is 14.6 Å². The van der Waals surface area contributed by atoms with Crippen molar-refractivity contribution in [1.82, 2.24) is 0 Å². The van der Waals surface area contributed by atoms with Gasteiger partial charge >= 0.3 is 0 Å². The monoisotopic (exact) mass is 164 g/mol. The summed E-state index contributed by atoms with van der Waals surface area (Å²) in [5.74, 6) is 0.711. The molecule has 0 aliphatic carbocycles. The van der Waals surface area contributed by atoms with Crippen LogP contribution in [0.3, 0.4) is 0 Å². The maximum absolute atomic E-state index is 9.11. The van der Waals surface area contributed by atoms with Crippen LogP contribution in [0.25, 0.3) is 11.0 Å². The molecule has 2 aromatic rings. The second-order valence-corrected chi connectivity index (χ2v) is 2.59. The van der Waals surface area contributed by atoms with E-state index in [1.807, 2.05) is 0 Å². The van der Waals surface area contributed by atoms with Gasteiger partial charge < -0.3 is 14.6 Å². The van der Waals surface area contributed by atoms with Crippen molar-refractivity contribution in [3.63, 3.8) is 0 Å². The van der Waals surface area contributed by atoms with Crippen LogP contribution in [-0.2, 0) is 6.61 Å². The Labute approximate surface area is 68.9 Å². The van der Waals surface area contributed by atoms with E-state index in [9.17, 15) is 0 Å². The summed E-state index contributed by atoms with van der Waals surface area (Å²) in [6, 6.07) is 6.52. The molecule has 0 amide bonds. The summed E-state index contributed by atoms with van der Waals surface area (Å²) >= 11 is 0. The maximum Gasteiger partial charge on any atom is 0.134 e. The molecule has 12 heavy (non-hydrogen) atoms. The van der Waals surface area contributed by atoms with Gasteiger partial charge in [0, 0.05) is 5.39 Å². The van der Waals surface area contributed by atoms with Gasteiger partial charge in [-0.05, 0) is 24.3 Å². The van der Waals surface area contributed by atoms with Crippen LogP contribution >= 0.6 is 0 Å². The van der Waals surface area contributed by atoms with Crippen LogP contribution in [0.5, 0.6) is 5.75 Å². The molecule has 62 valence electrons. The third-order valence-corrected chi connectivity index (χ3v) is 1.71. The van der Waals surface area contributed by atoms with Crippen LogP contribution in [0, 0.1) is 0 Å². The molecule has 0 fully saturated rings. The molecule has 1 heterocycles. The zero-order valence-electron chi connectivity index (χ0n) is 6.32. The minimum atomic E-state index is -0.116. The minimum absolute atomic E-state index is 0.116. The Balaban J connectivity index is 2.67. The van der Waals surface area contributed by atoms with Gasteiger partial charge in [-0.15, -0.1) is 0 Å². The molecule has 3 nitrogen and oxygen atoms in total. The predicted octanol–water partition coefficient (Wildman–Crippen LogP) is 1.63. The molecular weight excluding hydrogens is 156 g/mol. The lowest BCUT2D eigenvalue weighted by molar-refractivity contribution is 0.251. The van der Waals surface area contributed by atoms with Crippen molar-refractivity contribution in [3.8, 4) is 5.75 Å². The lowest BCUT2D eigenvalue weighted by atomic mass is 10.2. The van der Waals surface area contributed by atoms with Crippen LogP contribution < -0.4 is 0 Å². The molecule has 0 spiro atoms. The number of hydrogen-bond donors (Lipinski definition) is 2. The van der Waals surface area contributed by atoms with Crippen LogP contribution in [0.15, 0.2) is 28.7 Å². The molecule has 2 N–H and O–H groups in total. The van der Waals surface area contributed by atoms with Gasteiger partial charge in [-0.3, -0.25) is 0 Å². The Bertz CT molecular complexity index is 403. The van der Waals surface area contributed by atoms with Crippen LogP contribution in [-0.4, -0.2) is 10.2 Å². The SMILES string of the molecule is OCc1cc2cc(O)ccc2o1. The van der Waals surface area contributed by atoms with E-state index in [1.54, 1.807) is 24.3 Å². The summed E-state index contributed by atoms with van der Waals surface area (Å²) in [5.41, 5.74) is 0.678. The summed E-state index contributed by atoms with van der Waals surface area (Å²) in [7, 11) is 0. The van der Waals surface area contributed by atoms with E-state index in [0.29, 0.717) is 11.3 Å². The zero-order valence-corrected chi connectivity index (χ0v) is 6.32. The fraction of sp³-hybridized carbons (Fsp3) is 0.111. The normalized spacial score (nSPS) is 10.8. The molecule has 0 unspecified atom stereocenters. The highest BCUT2D eigenvalue weighted by atomic mass is 16.4. The third-order valence-electron chi connectivity index (χ3n) is 1.71. The van der Waals surface area contributed by atoms with Crippen molar-refractivity contribution in [2.45, 2.75) is 6.61 Å². The van der Waals surface area contributed by atoms with Gasteiger partial charge in [-0.25, -0.2) is 0 Å². The number of hydrogen-bond acceptors (Lipinski definition) is 3. The number of phenols is 1. The minimum Gasteiger partial charge on any atom is -0.508 e. The lowest BCUT2D eigenvalue weighted by Gasteiger charge is -1.88. The molecule has 0 radical (unpaired) electrons. The molecule has 0 saturated carbocycles. The Morgan fingerprint density at radius 3 is 2.83 bits per heavy atom. The highest BCUT2D eigenvalue weighted by Crippen LogP contribution is 2.23. The molecule has 0 atom stereocenters. The van der Waals surface area contributed by atoms with E-state index in [-0.39, 0.29) is 12.4 Å². The van der Waals surface area contributed by atoms with Gasteiger partial charge in [0.2, 0.25) is 0 Å². The Morgan fingerprint density at radius 1 is 1.25 bits per heavy atom. The van der Waals surface area contributed by atoms with Gasteiger partial charge in [0.1, 0.15) is 23.7 Å². The number of fused-ring (bicyclic) bond motifs is 1. The van der Waals surface area contributed by atoms with Crippen molar-refractivity contribution in [1.29, 1.82) is 0 Å². The first-order valence-corrected chi connectivity index (χ1v) is 3.62. The number of phenolic OH excluding ortho intramolecular Hbond substituents is 1. The summed E-state index contributed by atoms with van der Waals surface area (Å²) in [6.07, 6.45) is 0. The number of aliphatic hydroxyl groups excluding tert-OH is 1. The molecule has 0 aliphatic rings. The average molecular weight is 164 g/mol. The van der Waals surface area contributed by atoms with Gasteiger partial charge in [0.25, 0.3) is 0 Å². The van der Waals surface area contributed by atoms with Crippen molar-refractivity contribution in [2.24, 2.45) is 0 Å². The predicted molar refractivity (Wildman–Crippen MR) is 43.8 cm³/mol. The number of rotatable bonds is 1. The van der Waals surface area contributed by atoms with Gasteiger partial charge in [0.15, 0.2) is 0 Å². The van der Waals surface area contributed by atoms with Crippen LogP contribution in [0.2, 0.25) is 0 Å². The molecule has 0 saturated heterocycles. The first kappa shape index (κ1) is 7.18. The topological polar surface area (TPSA) is 53.6 Å². The quantitative estimate of drug-likeness (QED) is 0.673. The fourth-order valence-corrected chi connectivity index (χ4v) is 1.16. The van der Waals surface area contributed by atoms with Crippen molar-refractivity contribution in [3.05, 3.63) is 30.0 Å². The standard InChI is InChI=1S/C9H8O3/c10-5-8-4-6-3-7(11)1-2-9(6)12-8/h1-4,10-11H,5H2. The van der Waals surface area contributed by atoms with Crippen molar-refractivity contribution in [2.75, 3.05) is 0 Å². The fourth-order valence-electron chi connectivity index (χ4n) is 1.16. The maximum atomic E-state index is 9.11. The molecule has 0 bridgehead atoms. The van der Waals surface area contributed by atoms with E-state index < -0.39 is 0 Å². The highest BCUT2D eigenvalue weighted by molar-refractivity contribution is 5.79. The first-order valence-electron chi connectivity index (χ1n) is 3.62. The van der Waals surface area contributed by atoms with Gasteiger partial charge in [-0.1, -0.05) is 0 Å². The van der Waals surface area contributed by atoms with Crippen LogP contribution in [0.4, 0.5) is 0 Å². The lowest BCUT2D eigenvalue weighted by Crippen LogP contribution is -1.72. The summed E-state index contributed by atoms with van der Waals surface area (Å²) in [6.45, 7) is -0.116. The van der Waals surface area contributed by atoms with Gasteiger partial charge in [-0.2, -0.15) is 0 Å². The van der Waals surface area contributed by atoms with E-state index >= 15 is 0 Å².